The van der Waals surface area contributed by atoms with Gasteiger partial charge in [-0.2, -0.15) is 5.10 Å². The number of nitrogens with one attached hydrogen (secondary N) is 2. The van der Waals surface area contributed by atoms with Crippen molar-refractivity contribution in [2.24, 2.45) is 0 Å². The van der Waals surface area contributed by atoms with Crippen LogP contribution >= 0.6 is 12.2 Å². The zero-order chi connectivity index (χ0) is 12.1. The summed E-state index contributed by atoms with van der Waals surface area (Å²) in [5.41, 5.74) is 1.19. The molecule has 1 aliphatic rings. The van der Waals surface area contributed by atoms with E-state index >= 15 is 0 Å². The fraction of sp³-hybridized carbons (Fsp3) is 0.667. The highest BCUT2D eigenvalue weighted by Crippen LogP contribution is 2.17. The van der Waals surface area contributed by atoms with Crippen molar-refractivity contribution in [3.8, 4) is 0 Å². The van der Waals surface area contributed by atoms with Gasteiger partial charge in [-0.25, -0.2) is 0 Å². The average molecular weight is 252 g/mol. The van der Waals surface area contributed by atoms with Crippen LogP contribution in [0.5, 0.6) is 0 Å². The summed E-state index contributed by atoms with van der Waals surface area (Å²) in [6.07, 6.45) is 9.06. The minimum absolute atomic E-state index is 0.585. The van der Waals surface area contributed by atoms with Crippen molar-refractivity contribution in [3.05, 3.63) is 18.0 Å². The summed E-state index contributed by atoms with van der Waals surface area (Å²) >= 11 is 5.26. The molecule has 0 aliphatic heterocycles. The Morgan fingerprint density at radius 1 is 1.53 bits per heavy atom. The Kier molecular flexibility index (Phi) is 4.36. The monoisotopic (exact) mass is 252 g/mol. The van der Waals surface area contributed by atoms with E-state index < -0.39 is 0 Å². The molecule has 0 aromatic carbocycles. The molecule has 0 unspecified atom stereocenters. The summed E-state index contributed by atoms with van der Waals surface area (Å²) in [5.74, 6) is 0. The number of hydrogen-bond acceptors (Lipinski definition) is 2. The molecule has 5 heteroatoms. The Morgan fingerprint density at radius 3 is 2.94 bits per heavy atom. The van der Waals surface area contributed by atoms with E-state index in [0.717, 1.165) is 18.2 Å². The molecule has 1 saturated carbocycles. The van der Waals surface area contributed by atoms with Gasteiger partial charge >= 0.3 is 0 Å². The lowest BCUT2D eigenvalue weighted by atomic mass is 10.3. The molecule has 2 N–H and O–H groups in total. The maximum atomic E-state index is 5.26. The van der Waals surface area contributed by atoms with Crippen molar-refractivity contribution in [1.82, 2.24) is 20.4 Å². The summed E-state index contributed by atoms with van der Waals surface area (Å²) in [4.78, 5) is 0. The second kappa shape index (κ2) is 6.00. The van der Waals surface area contributed by atoms with Gasteiger partial charge in [-0.3, -0.25) is 4.68 Å². The molecule has 0 saturated heterocycles. The Bertz CT molecular complexity index is 368. The molecule has 17 heavy (non-hydrogen) atoms. The van der Waals surface area contributed by atoms with Crippen LogP contribution in [0.3, 0.4) is 0 Å². The number of aromatic nitrogens is 2. The topological polar surface area (TPSA) is 41.9 Å². The highest BCUT2D eigenvalue weighted by molar-refractivity contribution is 7.80. The third kappa shape index (κ3) is 4.00. The molecule has 1 aromatic rings. The van der Waals surface area contributed by atoms with Gasteiger partial charge in [-0.1, -0.05) is 12.8 Å². The van der Waals surface area contributed by atoms with Gasteiger partial charge in [0.1, 0.15) is 0 Å². The lowest BCUT2D eigenvalue weighted by Crippen LogP contribution is -2.41. The van der Waals surface area contributed by atoms with Crippen LogP contribution in [0.15, 0.2) is 12.4 Å². The summed E-state index contributed by atoms with van der Waals surface area (Å²) in [6.45, 7) is 3.71. The molecular weight excluding hydrogens is 232 g/mol. The minimum atomic E-state index is 0.585. The highest BCUT2D eigenvalue weighted by atomic mass is 32.1. The first-order valence-corrected chi connectivity index (χ1v) is 6.68. The summed E-state index contributed by atoms with van der Waals surface area (Å²) in [7, 11) is 0. The average Bonchev–Trinajstić information content (AvgIpc) is 2.90. The molecule has 94 valence electrons. The van der Waals surface area contributed by atoms with E-state index in [1.54, 1.807) is 0 Å². The van der Waals surface area contributed by atoms with E-state index in [-0.39, 0.29) is 0 Å². The van der Waals surface area contributed by atoms with Crippen molar-refractivity contribution < 1.29 is 0 Å². The Hall–Kier alpha value is -1.10. The molecule has 4 nitrogen and oxygen atoms in total. The Morgan fingerprint density at radius 2 is 2.29 bits per heavy atom. The van der Waals surface area contributed by atoms with Gasteiger partial charge in [0.25, 0.3) is 0 Å². The number of thiocarbonyl (C=S) groups is 1. The third-order valence-electron chi connectivity index (χ3n) is 3.08. The maximum Gasteiger partial charge on any atom is 0.166 e. The standard InChI is InChI=1S/C12H20N4S/c1-10-8-14-16(9-10)7-6-13-12(17)15-11-4-2-3-5-11/h8-9,11H,2-7H2,1H3,(H2,13,15,17). The van der Waals surface area contributed by atoms with Gasteiger partial charge in [0, 0.05) is 18.8 Å². The zero-order valence-corrected chi connectivity index (χ0v) is 11.1. The van der Waals surface area contributed by atoms with Gasteiger partial charge in [0.2, 0.25) is 0 Å². The fourth-order valence-electron chi connectivity index (χ4n) is 2.18. The molecule has 0 spiro atoms. The number of nitrogens with zero attached hydrogens (tertiary/aromatic N) is 2. The summed E-state index contributed by atoms with van der Waals surface area (Å²) < 4.78 is 1.93. The van der Waals surface area contributed by atoms with Crippen LogP contribution in [0.4, 0.5) is 0 Å². The van der Waals surface area contributed by atoms with Crippen LogP contribution in [-0.4, -0.2) is 27.5 Å². The molecule has 1 aliphatic carbocycles. The molecule has 1 heterocycles. The van der Waals surface area contributed by atoms with E-state index in [9.17, 15) is 0 Å². The molecule has 0 atom stereocenters. The van der Waals surface area contributed by atoms with E-state index in [0.29, 0.717) is 6.04 Å². The van der Waals surface area contributed by atoms with Gasteiger partial charge < -0.3 is 10.6 Å². The second-order valence-corrected chi connectivity index (χ2v) is 5.07. The zero-order valence-electron chi connectivity index (χ0n) is 10.3. The van der Waals surface area contributed by atoms with E-state index in [4.69, 9.17) is 12.2 Å². The quantitative estimate of drug-likeness (QED) is 0.799. The van der Waals surface area contributed by atoms with Crippen LogP contribution in [0.1, 0.15) is 31.2 Å². The highest BCUT2D eigenvalue weighted by Gasteiger charge is 2.14. The van der Waals surface area contributed by atoms with Crippen LogP contribution < -0.4 is 10.6 Å². The van der Waals surface area contributed by atoms with Gasteiger partial charge in [-0.15, -0.1) is 0 Å². The van der Waals surface area contributed by atoms with Crippen molar-refractivity contribution >= 4 is 17.3 Å². The molecule has 0 radical (unpaired) electrons. The first kappa shape index (κ1) is 12.4. The number of rotatable bonds is 4. The smallest absolute Gasteiger partial charge is 0.166 e. The SMILES string of the molecule is Cc1cnn(CCNC(=S)NC2CCCC2)c1. The third-order valence-corrected chi connectivity index (χ3v) is 3.34. The van der Waals surface area contributed by atoms with E-state index in [1.807, 2.05) is 24.0 Å². The minimum Gasteiger partial charge on any atom is -0.361 e. The molecule has 1 aromatic heterocycles. The molecule has 1 fully saturated rings. The predicted octanol–water partition coefficient (Wildman–Crippen LogP) is 1.60. The number of hydrogen-bond donors (Lipinski definition) is 2. The summed E-state index contributed by atoms with van der Waals surface area (Å²) in [6, 6.07) is 0.585. The lowest BCUT2D eigenvalue weighted by molar-refractivity contribution is 0.584. The fourth-order valence-corrected chi connectivity index (χ4v) is 2.45. The molecule has 0 amide bonds. The Labute approximate surface area is 108 Å². The first-order valence-electron chi connectivity index (χ1n) is 6.27. The van der Waals surface area contributed by atoms with Crippen molar-refractivity contribution in [3.63, 3.8) is 0 Å². The van der Waals surface area contributed by atoms with Crippen molar-refractivity contribution in [2.45, 2.75) is 45.2 Å². The van der Waals surface area contributed by atoms with Crippen LogP contribution in [0, 0.1) is 6.92 Å². The first-order chi connectivity index (χ1) is 8.24. The normalized spacial score (nSPS) is 16.1. The predicted molar refractivity (Wildman–Crippen MR) is 73.0 cm³/mol. The molecular formula is C12H20N4S. The Balaban J connectivity index is 1.62. The van der Waals surface area contributed by atoms with Crippen LogP contribution in [0.2, 0.25) is 0 Å². The van der Waals surface area contributed by atoms with E-state index in [1.165, 1.54) is 31.2 Å². The van der Waals surface area contributed by atoms with Crippen LogP contribution in [0.25, 0.3) is 0 Å². The van der Waals surface area contributed by atoms with Gasteiger partial charge in [-0.05, 0) is 37.5 Å². The second-order valence-electron chi connectivity index (χ2n) is 4.66. The van der Waals surface area contributed by atoms with Gasteiger partial charge in [0.15, 0.2) is 5.11 Å². The van der Waals surface area contributed by atoms with Gasteiger partial charge in [0.05, 0.1) is 12.7 Å². The van der Waals surface area contributed by atoms with E-state index in [2.05, 4.69) is 15.7 Å². The largest absolute Gasteiger partial charge is 0.361 e. The van der Waals surface area contributed by atoms with Crippen LogP contribution in [-0.2, 0) is 6.54 Å². The number of aryl methyl sites for hydroxylation is 1. The molecule has 2 rings (SSSR count). The summed E-state index contributed by atoms with van der Waals surface area (Å²) in [5, 5.41) is 11.6. The van der Waals surface area contributed by atoms with Crippen molar-refractivity contribution in [1.29, 1.82) is 0 Å². The lowest BCUT2D eigenvalue weighted by Gasteiger charge is -2.15. The van der Waals surface area contributed by atoms with Crippen molar-refractivity contribution in [2.75, 3.05) is 6.54 Å². The molecule has 0 bridgehead atoms. The maximum absolute atomic E-state index is 5.26.